The van der Waals surface area contributed by atoms with Crippen LogP contribution in [-0.4, -0.2) is 16.8 Å². The van der Waals surface area contributed by atoms with Crippen LogP contribution in [-0.2, 0) is 6.42 Å². The molecule has 0 spiro atoms. The minimum atomic E-state index is 0.431. The van der Waals surface area contributed by atoms with Gasteiger partial charge in [0.2, 0.25) is 0 Å². The normalized spacial score (nSPS) is 18.7. The van der Waals surface area contributed by atoms with Gasteiger partial charge in [0.25, 0.3) is 0 Å². The first-order valence-electron chi connectivity index (χ1n) is 5.69. The molecule has 82 valence electrons. The molecule has 1 heterocycles. The van der Waals surface area contributed by atoms with E-state index in [2.05, 4.69) is 28.7 Å². The van der Waals surface area contributed by atoms with Crippen LogP contribution in [0.3, 0.4) is 0 Å². The molecule has 1 aromatic carbocycles. The summed E-state index contributed by atoms with van der Waals surface area (Å²) >= 11 is 0. The van der Waals surface area contributed by atoms with Gasteiger partial charge in [0.1, 0.15) is 0 Å². The van der Waals surface area contributed by atoms with Crippen molar-refractivity contribution >= 4 is 0 Å². The largest absolute Gasteiger partial charge is 0.312 e. The van der Waals surface area contributed by atoms with Crippen LogP contribution in [0.15, 0.2) is 36.5 Å². The average molecular weight is 213 g/mol. The third kappa shape index (κ3) is 1.44. The summed E-state index contributed by atoms with van der Waals surface area (Å²) in [5.74, 6) is 0. The Morgan fingerprint density at radius 3 is 2.88 bits per heavy atom. The summed E-state index contributed by atoms with van der Waals surface area (Å²) in [6.07, 6.45) is 4.46. The molecule has 1 aromatic heterocycles. The summed E-state index contributed by atoms with van der Waals surface area (Å²) in [7, 11) is 2.00. The van der Waals surface area contributed by atoms with Crippen LogP contribution in [0.2, 0.25) is 0 Å². The lowest BCUT2D eigenvalue weighted by Gasteiger charge is -2.07. The molecule has 3 nitrogen and oxygen atoms in total. The quantitative estimate of drug-likeness (QED) is 0.827. The van der Waals surface area contributed by atoms with Crippen molar-refractivity contribution in [3.05, 3.63) is 47.8 Å². The smallest absolute Gasteiger partial charge is 0.0830 e. The molecule has 1 aliphatic carbocycles. The highest BCUT2D eigenvalue weighted by molar-refractivity contribution is 5.35. The van der Waals surface area contributed by atoms with Crippen LogP contribution in [0.25, 0.3) is 5.69 Å². The molecule has 0 fully saturated rings. The van der Waals surface area contributed by atoms with Crippen LogP contribution in [0.5, 0.6) is 0 Å². The van der Waals surface area contributed by atoms with Gasteiger partial charge in [-0.05, 0) is 37.6 Å². The summed E-state index contributed by atoms with van der Waals surface area (Å²) in [5, 5.41) is 7.98. The van der Waals surface area contributed by atoms with Gasteiger partial charge >= 0.3 is 0 Å². The minimum absolute atomic E-state index is 0.431. The van der Waals surface area contributed by atoms with E-state index in [1.165, 1.54) is 17.7 Å². The lowest BCUT2D eigenvalue weighted by Crippen LogP contribution is -2.14. The van der Waals surface area contributed by atoms with Gasteiger partial charge < -0.3 is 5.32 Å². The second-order valence-corrected chi connectivity index (χ2v) is 4.20. The van der Waals surface area contributed by atoms with E-state index in [1.54, 1.807) is 0 Å². The zero-order valence-corrected chi connectivity index (χ0v) is 9.35. The van der Waals surface area contributed by atoms with E-state index in [0.717, 1.165) is 12.1 Å². The molecule has 16 heavy (non-hydrogen) atoms. The maximum Gasteiger partial charge on any atom is 0.0830 e. The number of nitrogens with one attached hydrogen (secondary N) is 1. The standard InChI is InChI=1S/C13H15N3/c1-14-12-8-7-10-9-16(15-13(10)12)11-5-3-2-4-6-11/h2-6,9,12,14H,7-8H2,1H3. The van der Waals surface area contributed by atoms with Crippen LogP contribution in [0.4, 0.5) is 0 Å². The Bertz CT molecular complexity index is 487. The molecule has 0 amide bonds. The van der Waals surface area contributed by atoms with Crippen molar-refractivity contribution < 1.29 is 0 Å². The van der Waals surface area contributed by atoms with Crippen molar-refractivity contribution in [2.45, 2.75) is 18.9 Å². The number of fused-ring (bicyclic) bond motifs is 1. The van der Waals surface area contributed by atoms with Gasteiger partial charge in [0, 0.05) is 6.20 Å². The minimum Gasteiger partial charge on any atom is -0.312 e. The molecule has 0 radical (unpaired) electrons. The van der Waals surface area contributed by atoms with Crippen LogP contribution in [0.1, 0.15) is 23.7 Å². The number of nitrogens with zero attached hydrogens (tertiary/aromatic N) is 2. The first-order valence-corrected chi connectivity index (χ1v) is 5.69. The first-order chi connectivity index (χ1) is 7.88. The van der Waals surface area contributed by atoms with E-state index in [9.17, 15) is 0 Å². The van der Waals surface area contributed by atoms with E-state index < -0.39 is 0 Å². The molecule has 0 saturated heterocycles. The Kier molecular flexibility index (Phi) is 2.26. The zero-order valence-electron chi connectivity index (χ0n) is 9.35. The maximum absolute atomic E-state index is 4.67. The molecule has 2 aromatic rings. The summed E-state index contributed by atoms with van der Waals surface area (Å²) in [5.41, 5.74) is 3.72. The predicted octanol–water partition coefficient (Wildman–Crippen LogP) is 2.08. The van der Waals surface area contributed by atoms with Gasteiger partial charge in [-0.1, -0.05) is 18.2 Å². The fourth-order valence-electron chi connectivity index (χ4n) is 2.34. The molecule has 1 N–H and O–H groups in total. The second-order valence-electron chi connectivity index (χ2n) is 4.20. The average Bonchev–Trinajstić information content (AvgIpc) is 2.89. The van der Waals surface area contributed by atoms with Crippen molar-refractivity contribution in [2.75, 3.05) is 7.05 Å². The Morgan fingerprint density at radius 2 is 2.12 bits per heavy atom. The van der Waals surface area contributed by atoms with Crippen molar-refractivity contribution in [1.29, 1.82) is 0 Å². The number of aromatic nitrogens is 2. The van der Waals surface area contributed by atoms with Crippen LogP contribution in [0, 0.1) is 0 Å². The third-order valence-electron chi connectivity index (χ3n) is 3.22. The van der Waals surface area contributed by atoms with Gasteiger partial charge in [-0.25, -0.2) is 4.68 Å². The highest BCUT2D eigenvalue weighted by atomic mass is 15.3. The SMILES string of the molecule is CNC1CCc2cn(-c3ccccc3)nc21. The third-order valence-corrected chi connectivity index (χ3v) is 3.22. The monoisotopic (exact) mass is 213 g/mol. The molecule has 1 atom stereocenters. The molecule has 1 unspecified atom stereocenters. The number of para-hydroxylation sites is 1. The fraction of sp³-hybridized carbons (Fsp3) is 0.308. The number of hydrogen-bond donors (Lipinski definition) is 1. The number of rotatable bonds is 2. The Balaban J connectivity index is 2.00. The highest BCUT2D eigenvalue weighted by Crippen LogP contribution is 2.30. The molecular weight excluding hydrogens is 198 g/mol. The highest BCUT2D eigenvalue weighted by Gasteiger charge is 2.24. The topological polar surface area (TPSA) is 29.9 Å². The molecule has 3 heteroatoms. The van der Waals surface area contributed by atoms with E-state index in [-0.39, 0.29) is 0 Å². The Morgan fingerprint density at radius 1 is 1.31 bits per heavy atom. The molecular formula is C13H15N3. The van der Waals surface area contributed by atoms with Crippen molar-refractivity contribution in [3.63, 3.8) is 0 Å². The van der Waals surface area contributed by atoms with Gasteiger partial charge in [-0.15, -0.1) is 0 Å². The van der Waals surface area contributed by atoms with Crippen LogP contribution < -0.4 is 5.32 Å². The second kappa shape index (κ2) is 3.76. The van der Waals surface area contributed by atoms with E-state index in [1.807, 2.05) is 29.9 Å². The van der Waals surface area contributed by atoms with Gasteiger partial charge in [0.15, 0.2) is 0 Å². The molecule has 0 bridgehead atoms. The zero-order chi connectivity index (χ0) is 11.0. The first kappa shape index (κ1) is 9.60. The van der Waals surface area contributed by atoms with Crippen LogP contribution >= 0.6 is 0 Å². The predicted molar refractivity (Wildman–Crippen MR) is 63.7 cm³/mol. The van der Waals surface area contributed by atoms with Crippen molar-refractivity contribution in [2.24, 2.45) is 0 Å². The number of benzene rings is 1. The van der Waals surface area contributed by atoms with E-state index in [4.69, 9.17) is 0 Å². The lowest BCUT2D eigenvalue weighted by molar-refractivity contribution is 0.566. The molecule has 0 aliphatic heterocycles. The summed E-state index contributed by atoms with van der Waals surface area (Å²) in [6, 6.07) is 10.7. The molecule has 0 saturated carbocycles. The van der Waals surface area contributed by atoms with Gasteiger partial charge in [0.05, 0.1) is 17.4 Å². The number of aryl methyl sites for hydroxylation is 1. The lowest BCUT2D eigenvalue weighted by atomic mass is 10.2. The maximum atomic E-state index is 4.67. The van der Waals surface area contributed by atoms with E-state index in [0.29, 0.717) is 6.04 Å². The number of hydrogen-bond acceptors (Lipinski definition) is 2. The summed E-state index contributed by atoms with van der Waals surface area (Å²) < 4.78 is 1.98. The van der Waals surface area contributed by atoms with Gasteiger partial charge in [-0.2, -0.15) is 5.10 Å². The summed E-state index contributed by atoms with van der Waals surface area (Å²) in [6.45, 7) is 0. The van der Waals surface area contributed by atoms with Crippen molar-refractivity contribution in [1.82, 2.24) is 15.1 Å². The summed E-state index contributed by atoms with van der Waals surface area (Å²) in [4.78, 5) is 0. The molecule has 3 rings (SSSR count). The Hall–Kier alpha value is -1.61. The van der Waals surface area contributed by atoms with Crippen molar-refractivity contribution in [3.8, 4) is 5.69 Å². The Labute approximate surface area is 95.1 Å². The fourth-order valence-corrected chi connectivity index (χ4v) is 2.34. The molecule has 1 aliphatic rings. The van der Waals surface area contributed by atoms with E-state index >= 15 is 0 Å². The van der Waals surface area contributed by atoms with Gasteiger partial charge in [-0.3, -0.25) is 0 Å².